The summed E-state index contributed by atoms with van der Waals surface area (Å²) in [5.41, 5.74) is 4.82. The van der Waals surface area contributed by atoms with Gasteiger partial charge in [-0.15, -0.1) is 0 Å². The Labute approximate surface area is 140 Å². The lowest BCUT2D eigenvalue weighted by molar-refractivity contribution is 0.137. The van der Waals surface area contributed by atoms with E-state index >= 15 is 0 Å². The number of rotatable bonds is 2. The van der Waals surface area contributed by atoms with Crippen molar-refractivity contribution in [1.29, 1.82) is 0 Å². The van der Waals surface area contributed by atoms with E-state index in [1.54, 1.807) is 6.26 Å². The van der Waals surface area contributed by atoms with E-state index < -0.39 is 0 Å². The monoisotopic (exact) mass is 317 g/mol. The van der Waals surface area contributed by atoms with E-state index in [4.69, 9.17) is 9.40 Å². The first kappa shape index (κ1) is 12.9. The van der Waals surface area contributed by atoms with Crippen LogP contribution in [0, 0.1) is 0 Å². The van der Waals surface area contributed by atoms with Gasteiger partial charge >= 0.3 is 0 Å². The lowest BCUT2D eigenvalue weighted by atomic mass is 9.91. The predicted molar refractivity (Wildman–Crippen MR) is 93.3 cm³/mol. The number of hydrogen-bond acceptors (Lipinski definition) is 3. The first-order chi connectivity index (χ1) is 11.9. The van der Waals surface area contributed by atoms with Gasteiger partial charge in [0.15, 0.2) is 0 Å². The highest BCUT2D eigenvalue weighted by molar-refractivity contribution is 5.85. The molecule has 1 saturated carbocycles. The molecule has 0 N–H and O–H groups in total. The van der Waals surface area contributed by atoms with Crippen LogP contribution in [0.25, 0.3) is 27.9 Å². The van der Waals surface area contributed by atoms with Crippen LogP contribution in [0.15, 0.2) is 47.2 Å². The van der Waals surface area contributed by atoms with E-state index in [9.17, 15) is 0 Å². The zero-order chi connectivity index (χ0) is 15.7. The number of aromatic nitrogens is 2. The Kier molecular flexibility index (Phi) is 2.43. The lowest BCUT2D eigenvalue weighted by Crippen LogP contribution is -2.43. The molecule has 0 spiro atoms. The summed E-state index contributed by atoms with van der Waals surface area (Å²) in [6, 6.07) is 11.8. The number of imidazole rings is 1. The van der Waals surface area contributed by atoms with E-state index in [2.05, 4.69) is 33.9 Å². The van der Waals surface area contributed by atoms with Gasteiger partial charge in [0.25, 0.3) is 0 Å². The van der Waals surface area contributed by atoms with E-state index in [0.29, 0.717) is 6.04 Å². The van der Waals surface area contributed by atoms with Crippen molar-refractivity contribution in [3.8, 4) is 11.3 Å². The van der Waals surface area contributed by atoms with Gasteiger partial charge in [-0.3, -0.25) is 0 Å². The van der Waals surface area contributed by atoms with Crippen molar-refractivity contribution < 1.29 is 4.42 Å². The van der Waals surface area contributed by atoms with E-state index in [1.807, 2.05) is 12.1 Å². The first-order valence-electron chi connectivity index (χ1n) is 8.89. The third-order valence-corrected chi connectivity index (χ3v) is 5.91. The number of nitrogens with zero attached hydrogens (tertiary/aromatic N) is 3. The summed E-state index contributed by atoms with van der Waals surface area (Å²) in [6.45, 7) is 1.06. The van der Waals surface area contributed by atoms with Crippen LogP contribution in [0.2, 0.25) is 0 Å². The van der Waals surface area contributed by atoms with Crippen molar-refractivity contribution in [3.05, 3.63) is 48.6 Å². The summed E-state index contributed by atoms with van der Waals surface area (Å²) < 4.78 is 7.94. The molecule has 1 fully saturated rings. The average molecular weight is 317 g/mol. The molecule has 1 unspecified atom stereocenters. The molecule has 3 aliphatic rings. The zero-order valence-corrected chi connectivity index (χ0v) is 13.5. The van der Waals surface area contributed by atoms with Crippen molar-refractivity contribution >= 4 is 16.6 Å². The fourth-order valence-electron chi connectivity index (χ4n) is 4.46. The highest BCUT2D eigenvalue weighted by Gasteiger charge is 2.38. The minimum Gasteiger partial charge on any atom is -0.464 e. The predicted octanol–water partition coefficient (Wildman–Crippen LogP) is 4.28. The molecule has 2 aliphatic heterocycles. The van der Waals surface area contributed by atoms with Crippen LogP contribution >= 0.6 is 0 Å². The molecule has 2 bridgehead atoms. The van der Waals surface area contributed by atoms with Crippen LogP contribution in [0.3, 0.4) is 0 Å². The highest BCUT2D eigenvalue weighted by atomic mass is 16.3. The molecule has 0 saturated heterocycles. The Bertz CT molecular complexity index is 962. The van der Waals surface area contributed by atoms with Crippen LogP contribution in [-0.2, 0) is 6.54 Å². The normalized spacial score (nSPS) is 22.6. The second-order valence-corrected chi connectivity index (χ2v) is 7.27. The molecule has 4 heterocycles. The Morgan fingerprint density at radius 3 is 2.88 bits per heavy atom. The maximum absolute atomic E-state index is 5.53. The molecule has 2 aromatic heterocycles. The molecule has 1 aliphatic carbocycles. The molecule has 3 aromatic rings. The first-order valence-corrected chi connectivity index (χ1v) is 8.89. The van der Waals surface area contributed by atoms with Gasteiger partial charge < -0.3 is 13.9 Å². The SMILES string of the molecule is C1=C2CC(Cn3c2nc2cc(-c4ccco4)ccc23)N1C1CCC1. The quantitative estimate of drug-likeness (QED) is 0.707. The molecule has 0 radical (unpaired) electrons. The molecule has 1 atom stereocenters. The Balaban J connectivity index is 1.45. The lowest BCUT2D eigenvalue weighted by Gasteiger charge is -2.39. The summed E-state index contributed by atoms with van der Waals surface area (Å²) in [6.07, 6.45) is 9.37. The summed E-state index contributed by atoms with van der Waals surface area (Å²) in [4.78, 5) is 7.59. The number of benzene rings is 1. The van der Waals surface area contributed by atoms with Crippen molar-refractivity contribution in [3.63, 3.8) is 0 Å². The molecule has 4 heteroatoms. The molecule has 24 heavy (non-hydrogen) atoms. The third kappa shape index (κ3) is 1.66. The molecule has 4 nitrogen and oxygen atoms in total. The molecule has 1 aromatic carbocycles. The number of fused-ring (bicyclic) bond motifs is 6. The second-order valence-electron chi connectivity index (χ2n) is 7.27. The van der Waals surface area contributed by atoms with E-state index in [1.165, 1.54) is 36.2 Å². The Morgan fingerprint density at radius 2 is 2.08 bits per heavy atom. The minimum atomic E-state index is 0.625. The largest absolute Gasteiger partial charge is 0.464 e. The minimum absolute atomic E-state index is 0.625. The maximum atomic E-state index is 5.53. The Morgan fingerprint density at radius 1 is 1.12 bits per heavy atom. The smallest absolute Gasteiger partial charge is 0.138 e. The Hall–Kier alpha value is -2.49. The van der Waals surface area contributed by atoms with Gasteiger partial charge in [-0.1, -0.05) is 0 Å². The van der Waals surface area contributed by atoms with E-state index in [-0.39, 0.29) is 0 Å². The summed E-state index contributed by atoms with van der Waals surface area (Å²) >= 11 is 0. The molecule has 0 amide bonds. The summed E-state index contributed by atoms with van der Waals surface area (Å²) in [5.74, 6) is 2.07. The number of hydrogen-bond donors (Lipinski definition) is 0. The molecule has 6 rings (SSSR count). The molecular weight excluding hydrogens is 298 g/mol. The van der Waals surface area contributed by atoms with Crippen LogP contribution in [-0.4, -0.2) is 26.5 Å². The fraction of sp³-hybridized carbons (Fsp3) is 0.350. The van der Waals surface area contributed by atoms with Gasteiger partial charge in [0.1, 0.15) is 11.6 Å². The van der Waals surface area contributed by atoms with Crippen molar-refractivity contribution in [2.45, 2.75) is 44.3 Å². The van der Waals surface area contributed by atoms with Gasteiger partial charge in [-0.05, 0) is 56.0 Å². The van der Waals surface area contributed by atoms with Gasteiger partial charge in [0.2, 0.25) is 0 Å². The van der Waals surface area contributed by atoms with Gasteiger partial charge in [0.05, 0.1) is 23.3 Å². The maximum Gasteiger partial charge on any atom is 0.138 e. The zero-order valence-electron chi connectivity index (χ0n) is 13.5. The number of furan rings is 1. The molecule has 120 valence electrons. The van der Waals surface area contributed by atoms with Crippen LogP contribution in [0.1, 0.15) is 31.5 Å². The van der Waals surface area contributed by atoms with Crippen LogP contribution in [0.5, 0.6) is 0 Å². The standard InChI is InChI=1S/C20H19N3O/c1-3-15(4-1)22-11-14-9-16(22)12-23-18-7-6-13(19-5-2-8-24-19)10-17(18)21-20(14)23/h2,5-8,10-11,15-16H,1,3-4,9,12H2. The van der Waals surface area contributed by atoms with Gasteiger partial charge in [-0.25, -0.2) is 4.98 Å². The third-order valence-electron chi connectivity index (χ3n) is 5.91. The fourth-order valence-corrected chi connectivity index (χ4v) is 4.46. The van der Waals surface area contributed by atoms with Crippen LogP contribution in [0.4, 0.5) is 0 Å². The molecular formula is C20H19N3O. The van der Waals surface area contributed by atoms with Crippen molar-refractivity contribution in [1.82, 2.24) is 14.5 Å². The van der Waals surface area contributed by atoms with Gasteiger partial charge in [-0.2, -0.15) is 0 Å². The second kappa shape index (κ2) is 4.53. The van der Waals surface area contributed by atoms with Crippen LogP contribution < -0.4 is 0 Å². The van der Waals surface area contributed by atoms with E-state index in [0.717, 1.165) is 35.8 Å². The highest BCUT2D eigenvalue weighted by Crippen LogP contribution is 2.41. The summed E-state index contributed by atoms with van der Waals surface area (Å²) in [5, 5.41) is 0. The average Bonchev–Trinajstić information content (AvgIpc) is 3.25. The van der Waals surface area contributed by atoms with Gasteiger partial charge in [0, 0.05) is 29.9 Å². The van der Waals surface area contributed by atoms with Crippen molar-refractivity contribution in [2.24, 2.45) is 0 Å². The van der Waals surface area contributed by atoms with Crippen molar-refractivity contribution in [2.75, 3.05) is 0 Å². The topological polar surface area (TPSA) is 34.2 Å². The summed E-state index contributed by atoms with van der Waals surface area (Å²) in [7, 11) is 0.